The van der Waals surface area contributed by atoms with Crippen molar-refractivity contribution in [2.75, 3.05) is 13.1 Å². The van der Waals surface area contributed by atoms with Gasteiger partial charge in [-0.05, 0) is 34.5 Å². The minimum Gasteiger partial charge on any atom is -0.391 e. The lowest BCUT2D eigenvalue weighted by Gasteiger charge is -2.16. The molecule has 0 bridgehead atoms. The van der Waals surface area contributed by atoms with Gasteiger partial charge in [0.05, 0.1) is 11.7 Å². The Balaban J connectivity index is 2.18. The molecular formula is C11H12BrNO2. The van der Waals surface area contributed by atoms with Crippen LogP contribution in [0.2, 0.25) is 0 Å². The highest BCUT2D eigenvalue weighted by Gasteiger charge is 2.26. The summed E-state index contributed by atoms with van der Waals surface area (Å²) in [5.41, 5.74) is 0.659. The molecule has 1 fully saturated rings. The molecule has 80 valence electrons. The number of nitrogens with zero attached hydrogens (tertiary/aromatic N) is 1. The second-order valence-electron chi connectivity index (χ2n) is 3.67. The number of carbonyl (C=O) groups excluding carboxylic acids is 1. The van der Waals surface area contributed by atoms with Crippen molar-refractivity contribution >= 4 is 21.8 Å². The zero-order chi connectivity index (χ0) is 10.8. The normalized spacial score (nSPS) is 20.7. The van der Waals surface area contributed by atoms with Gasteiger partial charge in [-0.3, -0.25) is 4.79 Å². The summed E-state index contributed by atoms with van der Waals surface area (Å²) in [7, 11) is 0. The van der Waals surface area contributed by atoms with Gasteiger partial charge in [-0.1, -0.05) is 12.1 Å². The fourth-order valence-corrected chi connectivity index (χ4v) is 2.19. The average molecular weight is 270 g/mol. The van der Waals surface area contributed by atoms with Crippen LogP contribution >= 0.6 is 15.9 Å². The van der Waals surface area contributed by atoms with Gasteiger partial charge in [-0.15, -0.1) is 0 Å². The summed E-state index contributed by atoms with van der Waals surface area (Å²) < 4.78 is 0.802. The van der Waals surface area contributed by atoms with Crippen LogP contribution in [-0.2, 0) is 0 Å². The lowest BCUT2D eigenvalue weighted by Crippen LogP contribution is -2.29. The monoisotopic (exact) mass is 269 g/mol. The van der Waals surface area contributed by atoms with E-state index < -0.39 is 0 Å². The third-order valence-electron chi connectivity index (χ3n) is 2.55. The van der Waals surface area contributed by atoms with Crippen molar-refractivity contribution in [2.24, 2.45) is 0 Å². The highest BCUT2D eigenvalue weighted by molar-refractivity contribution is 9.10. The Labute approximate surface area is 96.8 Å². The summed E-state index contributed by atoms with van der Waals surface area (Å²) in [6.07, 6.45) is 0.312. The fraction of sp³-hybridized carbons (Fsp3) is 0.364. The summed E-state index contributed by atoms with van der Waals surface area (Å²) >= 11 is 3.35. The van der Waals surface area contributed by atoms with Crippen molar-refractivity contribution in [3.05, 3.63) is 34.3 Å². The molecule has 1 atom stereocenters. The van der Waals surface area contributed by atoms with E-state index in [0.29, 0.717) is 25.1 Å². The van der Waals surface area contributed by atoms with Crippen LogP contribution in [0.3, 0.4) is 0 Å². The van der Waals surface area contributed by atoms with E-state index in [4.69, 9.17) is 0 Å². The van der Waals surface area contributed by atoms with E-state index in [-0.39, 0.29) is 12.0 Å². The van der Waals surface area contributed by atoms with Crippen molar-refractivity contribution in [3.8, 4) is 0 Å². The van der Waals surface area contributed by atoms with Crippen LogP contribution in [0.5, 0.6) is 0 Å². The standard InChI is InChI=1S/C11H12BrNO2/c12-10-4-2-1-3-9(10)11(15)13-6-5-8(14)7-13/h1-4,8,14H,5-7H2. The molecule has 0 spiro atoms. The SMILES string of the molecule is O=C(c1ccccc1Br)N1CCC(O)C1. The number of aliphatic hydroxyl groups excluding tert-OH is 1. The minimum atomic E-state index is -0.364. The smallest absolute Gasteiger partial charge is 0.255 e. The summed E-state index contributed by atoms with van der Waals surface area (Å²) in [5, 5.41) is 9.36. The first-order valence-electron chi connectivity index (χ1n) is 4.90. The van der Waals surface area contributed by atoms with Crippen LogP contribution in [0.15, 0.2) is 28.7 Å². The van der Waals surface area contributed by atoms with E-state index in [0.717, 1.165) is 4.47 Å². The lowest BCUT2D eigenvalue weighted by atomic mass is 10.2. The van der Waals surface area contributed by atoms with E-state index in [1.165, 1.54) is 0 Å². The molecule has 2 rings (SSSR count). The number of benzene rings is 1. The molecule has 1 aliphatic rings. The molecule has 0 radical (unpaired) electrons. The first-order valence-corrected chi connectivity index (χ1v) is 5.69. The Morgan fingerprint density at radius 1 is 1.47 bits per heavy atom. The molecule has 3 nitrogen and oxygen atoms in total. The van der Waals surface area contributed by atoms with Crippen LogP contribution in [0.4, 0.5) is 0 Å². The molecule has 1 aliphatic heterocycles. The molecule has 15 heavy (non-hydrogen) atoms. The summed E-state index contributed by atoms with van der Waals surface area (Å²) in [5.74, 6) is -0.0148. The van der Waals surface area contributed by atoms with Crippen LogP contribution in [0.1, 0.15) is 16.8 Å². The molecule has 1 aromatic rings. The fourth-order valence-electron chi connectivity index (χ4n) is 1.73. The number of β-amino-alcohol motifs (C(OH)–C–C–N with tert-alkyl or cyclic N) is 1. The van der Waals surface area contributed by atoms with E-state index in [9.17, 15) is 9.90 Å². The highest BCUT2D eigenvalue weighted by atomic mass is 79.9. The Bertz CT molecular complexity index is 381. The van der Waals surface area contributed by atoms with Gasteiger partial charge in [0.15, 0.2) is 0 Å². The van der Waals surface area contributed by atoms with Gasteiger partial charge in [-0.25, -0.2) is 0 Å². The van der Waals surface area contributed by atoms with Gasteiger partial charge < -0.3 is 10.0 Å². The van der Waals surface area contributed by atoms with E-state index in [2.05, 4.69) is 15.9 Å². The molecule has 1 amide bonds. The van der Waals surface area contributed by atoms with Crippen molar-refractivity contribution < 1.29 is 9.90 Å². The molecule has 1 heterocycles. The number of amides is 1. The van der Waals surface area contributed by atoms with Gasteiger partial charge in [-0.2, -0.15) is 0 Å². The molecular weight excluding hydrogens is 258 g/mol. The number of hydrogen-bond acceptors (Lipinski definition) is 2. The Kier molecular flexibility index (Phi) is 3.07. The van der Waals surface area contributed by atoms with Crippen LogP contribution < -0.4 is 0 Å². The van der Waals surface area contributed by atoms with E-state index in [1.807, 2.05) is 18.2 Å². The topological polar surface area (TPSA) is 40.5 Å². The Hall–Kier alpha value is -0.870. The number of carbonyl (C=O) groups is 1. The van der Waals surface area contributed by atoms with Crippen LogP contribution in [0.25, 0.3) is 0 Å². The molecule has 0 aliphatic carbocycles. The first-order chi connectivity index (χ1) is 7.18. The van der Waals surface area contributed by atoms with Crippen LogP contribution in [0, 0.1) is 0 Å². The zero-order valence-corrected chi connectivity index (χ0v) is 9.77. The maximum absolute atomic E-state index is 12.0. The van der Waals surface area contributed by atoms with Crippen molar-refractivity contribution in [1.29, 1.82) is 0 Å². The predicted molar refractivity (Wildman–Crippen MR) is 60.7 cm³/mol. The third kappa shape index (κ3) is 2.21. The van der Waals surface area contributed by atoms with Crippen molar-refractivity contribution in [3.63, 3.8) is 0 Å². The summed E-state index contributed by atoms with van der Waals surface area (Å²) in [6.45, 7) is 1.08. The second-order valence-corrected chi connectivity index (χ2v) is 4.53. The minimum absolute atomic E-state index is 0.0148. The summed E-state index contributed by atoms with van der Waals surface area (Å²) in [6, 6.07) is 7.35. The lowest BCUT2D eigenvalue weighted by molar-refractivity contribution is 0.0764. The summed E-state index contributed by atoms with van der Waals surface area (Å²) in [4.78, 5) is 13.7. The molecule has 1 saturated heterocycles. The Morgan fingerprint density at radius 3 is 2.80 bits per heavy atom. The van der Waals surface area contributed by atoms with Gasteiger partial charge in [0.1, 0.15) is 0 Å². The van der Waals surface area contributed by atoms with E-state index in [1.54, 1.807) is 11.0 Å². The predicted octanol–water partition coefficient (Wildman–Crippen LogP) is 1.66. The van der Waals surface area contributed by atoms with Gasteiger partial charge >= 0.3 is 0 Å². The average Bonchev–Trinajstić information content (AvgIpc) is 2.65. The second kappa shape index (κ2) is 4.33. The van der Waals surface area contributed by atoms with Crippen molar-refractivity contribution in [1.82, 2.24) is 4.90 Å². The van der Waals surface area contributed by atoms with Gasteiger partial charge in [0, 0.05) is 17.6 Å². The molecule has 1 N–H and O–H groups in total. The molecule has 0 saturated carbocycles. The van der Waals surface area contributed by atoms with Crippen LogP contribution in [-0.4, -0.2) is 35.1 Å². The quantitative estimate of drug-likeness (QED) is 0.843. The maximum atomic E-state index is 12.0. The first kappa shape index (κ1) is 10.6. The highest BCUT2D eigenvalue weighted by Crippen LogP contribution is 2.20. The zero-order valence-electron chi connectivity index (χ0n) is 8.19. The largest absolute Gasteiger partial charge is 0.391 e. The number of aliphatic hydroxyl groups is 1. The van der Waals surface area contributed by atoms with Crippen molar-refractivity contribution in [2.45, 2.75) is 12.5 Å². The molecule has 1 aromatic carbocycles. The van der Waals surface area contributed by atoms with Gasteiger partial charge in [0.25, 0.3) is 5.91 Å². The maximum Gasteiger partial charge on any atom is 0.255 e. The number of rotatable bonds is 1. The number of likely N-dealkylation sites (tertiary alicyclic amines) is 1. The Morgan fingerprint density at radius 2 is 2.20 bits per heavy atom. The molecule has 0 aromatic heterocycles. The number of halogens is 1. The van der Waals surface area contributed by atoms with E-state index >= 15 is 0 Å². The molecule has 4 heteroatoms. The van der Waals surface area contributed by atoms with Gasteiger partial charge in [0.2, 0.25) is 0 Å². The number of hydrogen-bond donors (Lipinski definition) is 1. The molecule has 1 unspecified atom stereocenters. The third-order valence-corrected chi connectivity index (χ3v) is 3.25.